The number of halogens is 2. The summed E-state index contributed by atoms with van der Waals surface area (Å²) in [7, 11) is 0. The standard InChI is InChI=1S/C23H19ClFN7O/c1-11-14(24)5-4-6-17(11)32-22(31-16-8-7-15(25)12(2)18(16)23(32)33)13(3)30-21-19-20(27-9-26-19)28-10-29-21/h4-10,13H,1-3H3,(H2,26,27,28,29,30)/t13-/m0/s1. The van der Waals surface area contributed by atoms with Gasteiger partial charge in [-0.2, -0.15) is 0 Å². The molecule has 8 nitrogen and oxygen atoms in total. The van der Waals surface area contributed by atoms with E-state index in [1.54, 1.807) is 25.1 Å². The predicted octanol–water partition coefficient (Wildman–Crippen LogP) is 4.63. The molecule has 0 aliphatic heterocycles. The van der Waals surface area contributed by atoms with Gasteiger partial charge in [0.05, 0.1) is 29.0 Å². The van der Waals surface area contributed by atoms with E-state index in [0.717, 1.165) is 0 Å². The molecule has 2 N–H and O–H groups in total. The van der Waals surface area contributed by atoms with Gasteiger partial charge in [-0.15, -0.1) is 0 Å². The van der Waals surface area contributed by atoms with Crippen molar-refractivity contribution in [2.75, 3.05) is 5.32 Å². The number of H-pyrrole nitrogens is 1. The van der Waals surface area contributed by atoms with Gasteiger partial charge in [-0.3, -0.25) is 9.36 Å². The third kappa shape index (κ3) is 3.41. The minimum Gasteiger partial charge on any atom is -0.358 e. The second-order valence-corrected chi connectivity index (χ2v) is 8.16. The second kappa shape index (κ2) is 7.93. The van der Waals surface area contributed by atoms with Crippen LogP contribution >= 0.6 is 11.6 Å². The number of aryl methyl sites for hydroxylation is 1. The first-order valence-electron chi connectivity index (χ1n) is 10.2. The van der Waals surface area contributed by atoms with Crippen molar-refractivity contribution in [1.82, 2.24) is 29.5 Å². The van der Waals surface area contributed by atoms with Crippen LogP contribution in [0.5, 0.6) is 0 Å². The Labute approximate surface area is 192 Å². The molecule has 1 atom stereocenters. The van der Waals surface area contributed by atoms with Gasteiger partial charge >= 0.3 is 0 Å². The highest BCUT2D eigenvalue weighted by Crippen LogP contribution is 2.28. The highest BCUT2D eigenvalue weighted by atomic mass is 35.5. The fourth-order valence-electron chi connectivity index (χ4n) is 3.93. The molecule has 0 bridgehead atoms. The van der Waals surface area contributed by atoms with Crippen LogP contribution in [0.15, 0.2) is 47.8 Å². The third-order valence-corrected chi connectivity index (χ3v) is 6.11. The van der Waals surface area contributed by atoms with Crippen LogP contribution in [-0.4, -0.2) is 29.5 Å². The number of aromatic amines is 1. The average molecular weight is 464 g/mol. The smallest absolute Gasteiger partial charge is 0.266 e. The van der Waals surface area contributed by atoms with Gasteiger partial charge in [-0.1, -0.05) is 17.7 Å². The van der Waals surface area contributed by atoms with Gasteiger partial charge < -0.3 is 10.3 Å². The van der Waals surface area contributed by atoms with Gasteiger partial charge in [0, 0.05) is 5.02 Å². The van der Waals surface area contributed by atoms with Gasteiger partial charge in [0.15, 0.2) is 11.5 Å². The Bertz CT molecular complexity index is 1590. The summed E-state index contributed by atoms with van der Waals surface area (Å²) in [6.07, 6.45) is 2.94. The summed E-state index contributed by atoms with van der Waals surface area (Å²) in [5.41, 5.74) is 2.72. The average Bonchev–Trinajstić information content (AvgIpc) is 3.28. The van der Waals surface area contributed by atoms with Crippen LogP contribution in [0.1, 0.15) is 29.9 Å². The number of benzene rings is 2. The molecule has 0 aliphatic carbocycles. The number of hydrogen-bond donors (Lipinski definition) is 2. The maximum absolute atomic E-state index is 14.3. The number of rotatable bonds is 4. The molecule has 0 spiro atoms. The lowest BCUT2D eigenvalue weighted by Gasteiger charge is -2.22. The molecule has 0 saturated carbocycles. The van der Waals surface area contributed by atoms with E-state index in [0.29, 0.717) is 44.6 Å². The van der Waals surface area contributed by atoms with Crippen molar-refractivity contribution >= 4 is 39.5 Å². The lowest BCUT2D eigenvalue weighted by molar-refractivity contribution is 0.620. The van der Waals surface area contributed by atoms with Crippen LogP contribution in [0, 0.1) is 19.7 Å². The van der Waals surface area contributed by atoms with Gasteiger partial charge in [-0.25, -0.2) is 24.3 Å². The fraction of sp³-hybridized carbons (Fsp3) is 0.174. The minimum absolute atomic E-state index is 0.225. The Morgan fingerprint density at radius 3 is 2.76 bits per heavy atom. The normalized spacial score (nSPS) is 12.4. The van der Waals surface area contributed by atoms with E-state index in [4.69, 9.17) is 16.6 Å². The summed E-state index contributed by atoms with van der Waals surface area (Å²) >= 11 is 6.37. The molecule has 33 heavy (non-hydrogen) atoms. The van der Waals surface area contributed by atoms with Crippen molar-refractivity contribution in [2.45, 2.75) is 26.8 Å². The zero-order chi connectivity index (χ0) is 23.3. The monoisotopic (exact) mass is 463 g/mol. The highest BCUT2D eigenvalue weighted by Gasteiger charge is 2.22. The van der Waals surface area contributed by atoms with E-state index in [2.05, 4.69) is 25.3 Å². The summed E-state index contributed by atoms with van der Waals surface area (Å²) in [6.45, 7) is 5.27. The van der Waals surface area contributed by atoms with Crippen molar-refractivity contribution in [2.24, 2.45) is 0 Å². The van der Waals surface area contributed by atoms with E-state index in [1.165, 1.54) is 29.4 Å². The molecule has 0 radical (unpaired) electrons. The van der Waals surface area contributed by atoms with Gasteiger partial charge in [0.1, 0.15) is 23.5 Å². The maximum Gasteiger partial charge on any atom is 0.266 e. The number of nitrogens with zero attached hydrogens (tertiary/aromatic N) is 5. The number of nitrogens with one attached hydrogen (secondary N) is 2. The quantitative estimate of drug-likeness (QED) is 0.403. The summed E-state index contributed by atoms with van der Waals surface area (Å²) in [5.74, 6) is 0.483. The Morgan fingerprint density at radius 1 is 1.12 bits per heavy atom. The van der Waals surface area contributed by atoms with Crippen LogP contribution in [0.2, 0.25) is 5.02 Å². The summed E-state index contributed by atoms with van der Waals surface area (Å²) < 4.78 is 15.8. The SMILES string of the molecule is Cc1c(Cl)cccc1-n1c([C@H](C)Nc2ncnc3nc[nH]c23)nc2ccc(F)c(C)c2c1=O. The number of fused-ring (bicyclic) bond motifs is 2. The molecule has 0 amide bonds. The van der Waals surface area contributed by atoms with Crippen molar-refractivity contribution in [3.05, 3.63) is 81.1 Å². The Hall–Kier alpha value is -3.85. The largest absolute Gasteiger partial charge is 0.358 e. The predicted molar refractivity (Wildman–Crippen MR) is 126 cm³/mol. The van der Waals surface area contributed by atoms with E-state index in [-0.39, 0.29) is 16.5 Å². The fourth-order valence-corrected chi connectivity index (χ4v) is 4.10. The molecule has 2 aromatic carbocycles. The van der Waals surface area contributed by atoms with Crippen LogP contribution in [-0.2, 0) is 0 Å². The zero-order valence-corrected chi connectivity index (χ0v) is 18.8. The molecule has 166 valence electrons. The Kier molecular flexibility index (Phi) is 5.05. The summed E-state index contributed by atoms with van der Waals surface area (Å²) in [6, 6.07) is 7.68. The van der Waals surface area contributed by atoms with Gasteiger partial charge in [-0.05, 0) is 56.2 Å². The van der Waals surface area contributed by atoms with Crippen LogP contribution in [0.25, 0.3) is 27.8 Å². The molecule has 10 heteroatoms. The van der Waals surface area contributed by atoms with Crippen molar-refractivity contribution in [3.8, 4) is 5.69 Å². The Morgan fingerprint density at radius 2 is 1.94 bits per heavy atom. The van der Waals surface area contributed by atoms with Crippen LogP contribution < -0.4 is 10.9 Å². The molecule has 0 fully saturated rings. The van der Waals surface area contributed by atoms with Gasteiger partial charge in [0.2, 0.25) is 0 Å². The minimum atomic E-state index is -0.466. The maximum atomic E-state index is 14.3. The van der Waals surface area contributed by atoms with E-state index < -0.39 is 11.9 Å². The second-order valence-electron chi connectivity index (χ2n) is 7.75. The first-order valence-corrected chi connectivity index (χ1v) is 10.6. The van der Waals surface area contributed by atoms with E-state index >= 15 is 0 Å². The highest BCUT2D eigenvalue weighted by molar-refractivity contribution is 6.31. The summed E-state index contributed by atoms with van der Waals surface area (Å²) in [4.78, 5) is 34.1. The topological polar surface area (TPSA) is 101 Å². The van der Waals surface area contributed by atoms with Crippen LogP contribution in [0.3, 0.4) is 0 Å². The zero-order valence-electron chi connectivity index (χ0n) is 18.0. The number of aromatic nitrogens is 6. The van der Waals surface area contributed by atoms with E-state index in [1.807, 2.05) is 13.8 Å². The Balaban J connectivity index is 1.77. The number of imidazole rings is 1. The molecule has 0 aliphatic rings. The van der Waals surface area contributed by atoms with Gasteiger partial charge in [0.25, 0.3) is 5.56 Å². The van der Waals surface area contributed by atoms with Crippen molar-refractivity contribution in [3.63, 3.8) is 0 Å². The first-order chi connectivity index (χ1) is 15.9. The molecule has 5 rings (SSSR count). The first kappa shape index (κ1) is 21.0. The van der Waals surface area contributed by atoms with Crippen molar-refractivity contribution in [1.29, 1.82) is 0 Å². The number of hydrogen-bond acceptors (Lipinski definition) is 6. The molecule has 5 aromatic rings. The molecule has 3 heterocycles. The molecule has 0 saturated heterocycles. The molecule has 0 unspecified atom stereocenters. The van der Waals surface area contributed by atoms with Crippen LogP contribution in [0.4, 0.5) is 10.2 Å². The van der Waals surface area contributed by atoms with E-state index in [9.17, 15) is 9.18 Å². The third-order valence-electron chi connectivity index (χ3n) is 5.70. The lowest BCUT2D eigenvalue weighted by Crippen LogP contribution is -2.28. The summed E-state index contributed by atoms with van der Waals surface area (Å²) in [5, 5.41) is 4.03. The molecule has 3 aromatic heterocycles. The molecular weight excluding hydrogens is 445 g/mol. The molecular formula is C23H19ClFN7O. The van der Waals surface area contributed by atoms with Crippen molar-refractivity contribution < 1.29 is 4.39 Å². The lowest BCUT2D eigenvalue weighted by atomic mass is 10.1. The number of anilines is 1.